The lowest BCUT2D eigenvalue weighted by atomic mass is 10.5. The zero-order valence-corrected chi connectivity index (χ0v) is 7.37. The number of anilines is 1. The zero-order valence-electron chi connectivity index (χ0n) is 7.37. The van der Waals surface area contributed by atoms with Gasteiger partial charge in [-0.15, -0.1) is 0 Å². The molecule has 1 aromatic heterocycles. The highest BCUT2D eigenvalue weighted by molar-refractivity contribution is 5.30. The van der Waals surface area contributed by atoms with E-state index < -0.39 is 0 Å². The molecule has 0 unspecified atom stereocenters. The van der Waals surface area contributed by atoms with Crippen molar-refractivity contribution in [1.29, 1.82) is 0 Å². The van der Waals surface area contributed by atoms with Gasteiger partial charge in [-0.05, 0) is 13.8 Å². The molecular weight excluding hydrogens is 154 g/mol. The minimum absolute atomic E-state index is 0.0538. The fourth-order valence-corrected chi connectivity index (χ4v) is 0.985. The second-order valence-corrected chi connectivity index (χ2v) is 2.40. The lowest BCUT2D eigenvalue weighted by Crippen LogP contribution is -2.23. The van der Waals surface area contributed by atoms with Gasteiger partial charge in [0.05, 0.1) is 0 Å². The maximum atomic E-state index is 11.4. The van der Waals surface area contributed by atoms with Gasteiger partial charge in [0, 0.05) is 25.5 Å². The highest BCUT2D eigenvalue weighted by Gasteiger charge is 2.00. The van der Waals surface area contributed by atoms with Crippen molar-refractivity contribution in [1.82, 2.24) is 9.55 Å². The van der Waals surface area contributed by atoms with Crippen molar-refractivity contribution in [3.8, 4) is 0 Å². The number of aryl methyl sites for hydroxylation is 1. The first-order valence-electron chi connectivity index (χ1n) is 4.09. The maximum absolute atomic E-state index is 11.4. The predicted octanol–water partition coefficient (Wildman–Crippen LogP) is 0.695. The van der Waals surface area contributed by atoms with Crippen molar-refractivity contribution in [2.75, 3.05) is 11.9 Å². The Morgan fingerprint density at radius 3 is 2.92 bits per heavy atom. The smallest absolute Gasteiger partial charge is 0.293 e. The minimum atomic E-state index is -0.0538. The van der Waals surface area contributed by atoms with Crippen LogP contribution in [0.4, 0.5) is 5.82 Å². The normalized spacial score (nSPS) is 9.83. The number of rotatable bonds is 3. The molecule has 0 aliphatic heterocycles. The SMILES string of the molecule is CCNc1nccn(CC)c1=O. The first-order valence-corrected chi connectivity index (χ1v) is 4.09. The lowest BCUT2D eigenvalue weighted by molar-refractivity contribution is 0.719. The summed E-state index contributed by atoms with van der Waals surface area (Å²) in [6.45, 7) is 5.26. The highest BCUT2D eigenvalue weighted by Crippen LogP contribution is 1.91. The first kappa shape index (κ1) is 8.77. The van der Waals surface area contributed by atoms with Gasteiger partial charge in [0.1, 0.15) is 0 Å². The van der Waals surface area contributed by atoms with Gasteiger partial charge in [-0.3, -0.25) is 4.79 Å². The number of nitrogens with zero attached hydrogens (tertiary/aromatic N) is 2. The van der Waals surface area contributed by atoms with E-state index in [1.54, 1.807) is 17.0 Å². The molecule has 4 nitrogen and oxygen atoms in total. The molecule has 0 bridgehead atoms. The van der Waals surface area contributed by atoms with Crippen LogP contribution in [0.1, 0.15) is 13.8 Å². The molecule has 66 valence electrons. The molecule has 1 aromatic rings. The molecule has 1 heterocycles. The van der Waals surface area contributed by atoms with Crippen LogP contribution in [0.3, 0.4) is 0 Å². The molecule has 1 N–H and O–H groups in total. The van der Waals surface area contributed by atoms with E-state index in [4.69, 9.17) is 0 Å². The standard InChI is InChI=1S/C8H13N3O/c1-3-9-7-8(12)11(4-2)6-5-10-7/h5-6H,3-4H2,1-2H3,(H,9,10). The summed E-state index contributed by atoms with van der Waals surface area (Å²) in [7, 11) is 0. The van der Waals surface area contributed by atoms with E-state index in [-0.39, 0.29) is 5.56 Å². The molecule has 0 amide bonds. The third-order valence-electron chi connectivity index (χ3n) is 1.60. The summed E-state index contributed by atoms with van der Waals surface area (Å²) in [5, 5.41) is 2.91. The number of aromatic nitrogens is 2. The highest BCUT2D eigenvalue weighted by atomic mass is 16.1. The summed E-state index contributed by atoms with van der Waals surface area (Å²) in [5.74, 6) is 0.432. The van der Waals surface area contributed by atoms with Crippen LogP contribution in [0.25, 0.3) is 0 Å². The van der Waals surface area contributed by atoms with E-state index in [1.807, 2.05) is 13.8 Å². The van der Waals surface area contributed by atoms with Gasteiger partial charge >= 0.3 is 0 Å². The summed E-state index contributed by atoms with van der Waals surface area (Å²) in [6.07, 6.45) is 3.31. The Morgan fingerprint density at radius 1 is 1.58 bits per heavy atom. The van der Waals surface area contributed by atoms with E-state index in [1.165, 1.54) is 0 Å². The Kier molecular flexibility index (Phi) is 2.85. The minimum Gasteiger partial charge on any atom is -0.366 e. The third kappa shape index (κ3) is 1.64. The van der Waals surface area contributed by atoms with Crippen LogP contribution in [0.2, 0.25) is 0 Å². The van der Waals surface area contributed by atoms with Crippen molar-refractivity contribution in [3.05, 3.63) is 22.7 Å². The largest absolute Gasteiger partial charge is 0.366 e. The number of nitrogens with one attached hydrogen (secondary N) is 1. The molecule has 12 heavy (non-hydrogen) atoms. The second-order valence-electron chi connectivity index (χ2n) is 2.40. The lowest BCUT2D eigenvalue weighted by Gasteiger charge is -2.04. The van der Waals surface area contributed by atoms with Gasteiger partial charge in [-0.2, -0.15) is 0 Å². The van der Waals surface area contributed by atoms with Crippen LogP contribution < -0.4 is 10.9 Å². The zero-order chi connectivity index (χ0) is 8.97. The topological polar surface area (TPSA) is 46.9 Å². The van der Waals surface area contributed by atoms with Crippen LogP contribution in [-0.4, -0.2) is 16.1 Å². The molecule has 0 aliphatic carbocycles. The number of hydrogen-bond donors (Lipinski definition) is 1. The Morgan fingerprint density at radius 2 is 2.33 bits per heavy atom. The average molecular weight is 167 g/mol. The van der Waals surface area contributed by atoms with Crippen molar-refractivity contribution in [3.63, 3.8) is 0 Å². The van der Waals surface area contributed by atoms with Crippen molar-refractivity contribution < 1.29 is 0 Å². The van der Waals surface area contributed by atoms with Gasteiger partial charge in [0.25, 0.3) is 5.56 Å². The third-order valence-corrected chi connectivity index (χ3v) is 1.60. The quantitative estimate of drug-likeness (QED) is 0.720. The van der Waals surface area contributed by atoms with E-state index in [0.717, 1.165) is 6.54 Å². The van der Waals surface area contributed by atoms with Crippen LogP contribution in [0.15, 0.2) is 17.2 Å². The Labute approximate surface area is 71.3 Å². The average Bonchev–Trinajstić information content (AvgIpc) is 2.09. The first-order chi connectivity index (χ1) is 5.79. The van der Waals surface area contributed by atoms with Crippen LogP contribution in [-0.2, 0) is 6.54 Å². The summed E-state index contributed by atoms with van der Waals surface area (Å²) < 4.78 is 1.62. The summed E-state index contributed by atoms with van der Waals surface area (Å²) in [6, 6.07) is 0. The van der Waals surface area contributed by atoms with Gasteiger partial charge in [0.2, 0.25) is 0 Å². The van der Waals surface area contributed by atoms with Crippen molar-refractivity contribution >= 4 is 5.82 Å². The Hall–Kier alpha value is -1.32. The Balaban J connectivity index is 3.06. The fraction of sp³-hybridized carbons (Fsp3) is 0.500. The summed E-state index contributed by atoms with van der Waals surface area (Å²) in [5.41, 5.74) is -0.0538. The molecule has 0 saturated heterocycles. The predicted molar refractivity (Wildman–Crippen MR) is 48.3 cm³/mol. The van der Waals surface area contributed by atoms with Crippen LogP contribution in [0, 0.1) is 0 Å². The van der Waals surface area contributed by atoms with E-state index in [0.29, 0.717) is 12.4 Å². The van der Waals surface area contributed by atoms with E-state index in [9.17, 15) is 4.79 Å². The molecule has 0 saturated carbocycles. The molecule has 0 radical (unpaired) electrons. The molecule has 1 rings (SSSR count). The number of hydrogen-bond acceptors (Lipinski definition) is 3. The molecule has 0 spiro atoms. The molecular formula is C8H13N3O. The van der Waals surface area contributed by atoms with Gasteiger partial charge < -0.3 is 9.88 Å². The van der Waals surface area contributed by atoms with Gasteiger partial charge in [-0.1, -0.05) is 0 Å². The molecule has 0 atom stereocenters. The van der Waals surface area contributed by atoms with Crippen LogP contribution >= 0.6 is 0 Å². The van der Waals surface area contributed by atoms with Crippen LogP contribution in [0.5, 0.6) is 0 Å². The molecule has 0 aromatic carbocycles. The van der Waals surface area contributed by atoms with Crippen molar-refractivity contribution in [2.45, 2.75) is 20.4 Å². The molecule has 0 aliphatic rings. The summed E-state index contributed by atoms with van der Waals surface area (Å²) in [4.78, 5) is 15.4. The summed E-state index contributed by atoms with van der Waals surface area (Å²) >= 11 is 0. The Bertz CT molecular complexity index is 305. The second kappa shape index (κ2) is 3.90. The van der Waals surface area contributed by atoms with Crippen molar-refractivity contribution in [2.24, 2.45) is 0 Å². The fourth-order valence-electron chi connectivity index (χ4n) is 0.985. The molecule has 4 heteroatoms. The van der Waals surface area contributed by atoms with E-state index in [2.05, 4.69) is 10.3 Å². The molecule has 0 fully saturated rings. The van der Waals surface area contributed by atoms with Gasteiger partial charge in [0.15, 0.2) is 5.82 Å². The maximum Gasteiger partial charge on any atom is 0.293 e. The monoisotopic (exact) mass is 167 g/mol. The van der Waals surface area contributed by atoms with Gasteiger partial charge in [-0.25, -0.2) is 4.98 Å². The van der Waals surface area contributed by atoms with E-state index >= 15 is 0 Å².